The zero-order valence-electron chi connectivity index (χ0n) is 20.8. The van der Waals surface area contributed by atoms with Crippen molar-refractivity contribution in [2.24, 2.45) is 0 Å². The van der Waals surface area contributed by atoms with Crippen molar-refractivity contribution < 1.29 is 36.3 Å². The third-order valence-electron chi connectivity index (χ3n) is 6.07. The molecule has 1 atom stereocenters. The number of nitrogens with zero attached hydrogens (tertiary/aromatic N) is 4. The van der Waals surface area contributed by atoms with Crippen LogP contribution in [-0.2, 0) is 4.79 Å². The van der Waals surface area contributed by atoms with Gasteiger partial charge in [0, 0.05) is 43.9 Å². The molecule has 0 saturated carbocycles. The predicted molar refractivity (Wildman–Crippen MR) is 132 cm³/mol. The van der Waals surface area contributed by atoms with Crippen LogP contribution in [0.5, 0.6) is 5.88 Å². The molecule has 2 heterocycles. The topological polar surface area (TPSA) is 98.6 Å². The van der Waals surface area contributed by atoms with Crippen LogP contribution < -0.4 is 10.1 Å². The number of pyridine rings is 1. The molecule has 1 fully saturated rings. The molecule has 13 heteroatoms. The van der Waals surface area contributed by atoms with Crippen molar-refractivity contribution in [2.75, 3.05) is 38.1 Å². The Balaban J connectivity index is 1.48. The molecule has 2 amide bonds. The molecule has 0 unspecified atom stereocenters. The number of hydrogen-bond acceptors (Lipinski definition) is 6. The van der Waals surface area contributed by atoms with Crippen molar-refractivity contribution in [3.8, 4) is 11.9 Å². The third-order valence-corrected chi connectivity index (χ3v) is 6.07. The Morgan fingerprint density at radius 3 is 2.20 bits per heavy atom. The molecule has 1 aromatic heterocycles. The first-order chi connectivity index (χ1) is 19.0. The number of halogens is 5. The summed E-state index contributed by atoms with van der Waals surface area (Å²) in [5.41, 5.74) is 1.04. The Morgan fingerprint density at radius 2 is 1.65 bits per heavy atom. The Hall–Kier alpha value is -4.57. The van der Waals surface area contributed by atoms with E-state index in [-0.39, 0.29) is 43.3 Å². The minimum absolute atomic E-state index is 0.123. The first kappa shape index (κ1) is 28.4. The average molecular weight is 559 g/mol. The number of nitrogens with one attached hydrogen (secondary N) is 1. The molecule has 2 aromatic carbocycles. The minimum atomic E-state index is -4.52. The molecule has 0 radical (unpaired) electrons. The lowest BCUT2D eigenvalue weighted by atomic mass is 10.0. The molecule has 0 bridgehead atoms. The molecule has 1 aliphatic rings. The average Bonchev–Trinajstić information content (AvgIpc) is 2.92. The predicted octanol–water partition coefficient (Wildman–Crippen LogP) is 4.31. The van der Waals surface area contributed by atoms with Crippen molar-refractivity contribution in [2.45, 2.75) is 12.2 Å². The second-order valence-electron chi connectivity index (χ2n) is 8.90. The van der Waals surface area contributed by atoms with Gasteiger partial charge in [-0.15, -0.1) is 0 Å². The van der Waals surface area contributed by atoms with E-state index in [2.05, 4.69) is 15.0 Å². The maximum Gasteiger partial charge on any atom is 0.422 e. The number of alkyl halides is 3. The summed E-state index contributed by atoms with van der Waals surface area (Å²) in [7, 11) is 0. The molecule has 208 valence electrons. The fraction of sp³-hybridized carbons (Fsp3) is 0.259. The van der Waals surface area contributed by atoms with Gasteiger partial charge < -0.3 is 15.0 Å². The van der Waals surface area contributed by atoms with Gasteiger partial charge in [0.15, 0.2) is 6.61 Å². The third kappa shape index (κ3) is 7.29. The molecule has 1 N–H and O–H groups in total. The number of carbonyl (C=O) groups excluding carboxylic acids is 2. The summed E-state index contributed by atoms with van der Waals surface area (Å²) in [6.07, 6.45) is -3.36. The second kappa shape index (κ2) is 12.1. The van der Waals surface area contributed by atoms with Gasteiger partial charge >= 0.3 is 6.18 Å². The number of nitriles is 1. The van der Waals surface area contributed by atoms with Gasteiger partial charge in [0.2, 0.25) is 11.8 Å². The van der Waals surface area contributed by atoms with Crippen molar-refractivity contribution in [1.82, 2.24) is 14.8 Å². The smallest absolute Gasteiger partial charge is 0.422 e. The first-order valence-electron chi connectivity index (χ1n) is 12.0. The number of ether oxygens (including phenoxy) is 1. The van der Waals surface area contributed by atoms with Crippen LogP contribution in [0.25, 0.3) is 0 Å². The van der Waals surface area contributed by atoms with Gasteiger partial charge in [0.1, 0.15) is 17.7 Å². The van der Waals surface area contributed by atoms with Gasteiger partial charge in [-0.25, -0.2) is 13.8 Å². The van der Waals surface area contributed by atoms with E-state index < -0.39 is 42.3 Å². The van der Waals surface area contributed by atoms with E-state index in [0.717, 1.165) is 18.3 Å². The fourth-order valence-corrected chi connectivity index (χ4v) is 4.22. The zero-order chi connectivity index (χ0) is 28.9. The van der Waals surface area contributed by atoms with Crippen LogP contribution in [0.3, 0.4) is 0 Å². The summed E-state index contributed by atoms with van der Waals surface area (Å²) in [5, 5.41) is 11.8. The number of carbonyl (C=O) groups is 2. The maximum atomic E-state index is 13.6. The lowest BCUT2D eigenvalue weighted by Gasteiger charge is -2.38. The van der Waals surface area contributed by atoms with E-state index in [1.807, 2.05) is 6.07 Å². The molecule has 8 nitrogen and oxygen atoms in total. The lowest BCUT2D eigenvalue weighted by molar-refractivity contribution is -0.154. The van der Waals surface area contributed by atoms with Gasteiger partial charge in [0.25, 0.3) is 5.91 Å². The van der Waals surface area contributed by atoms with E-state index in [4.69, 9.17) is 5.26 Å². The van der Waals surface area contributed by atoms with Crippen LogP contribution in [0.4, 0.5) is 27.6 Å². The highest BCUT2D eigenvalue weighted by Crippen LogP contribution is 2.26. The van der Waals surface area contributed by atoms with Gasteiger partial charge in [-0.1, -0.05) is 12.1 Å². The second-order valence-corrected chi connectivity index (χ2v) is 8.90. The van der Waals surface area contributed by atoms with Crippen LogP contribution in [0.15, 0.2) is 60.8 Å². The van der Waals surface area contributed by atoms with Gasteiger partial charge in [-0.2, -0.15) is 18.4 Å². The Kier molecular flexibility index (Phi) is 8.59. The standard InChI is InChI=1S/C27H22F5N5O3/c28-20-11-19(12-21(29)13-20)26(39)37-9-7-36(8-10-37)24(18-3-1-17(14-33)2-4-18)25(38)35-22-5-6-23(34-15-22)40-16-27(30,31)32/h1-6,11-13,15,24H,7-10,16H2,(H,35,38)/t24-/m1/s1. The molecular formula is C27H22F5N5O3. The molecule has 3 aromatic rings. The zero-order valence-corrected chi connectivity index (χ0v) is 20.8. The molecule has 0 aliphatic carbocycles. The fourth-order valence-electron chi connectivity index (χ4n) is 4.22. The van der Waals surface area contributed by atoms with Gasteiger partial charge in [-0.05, 0) is 35.9 Å². The number of piperazine rings is 1. The van der Waals surface area contributed by atoms with E-state index in [0.29, 0.717) is 17.2 Å². The van der Waals surface area contributed by atoms with Gasteiger partial charge in [0.05, 0.1) is 23.5 Å². The molecule has 1 aliphatic heterocycles. The lowest BCUT2D eigenvalue weighted by Crippen LogP contribution is -2.51. The molecular weight excluding hydrogens is 537 g/mol. The van der Waals surface area contributed by atoms with Gasteiger partial charge in [-0.3, -0.25) is 14.5 Å². The first-order valence-corrected chi connectivity index (χ1v) is 12.0. The number of rotatable bonds is 7. The largest absolute Gasteiger partial charge is 0.468 e. The number of benzene rings is 2. The number of aromatic nitrogens is 1. The summed E-state index contributed by atoms with van der Waals surface area (Å²) in [5.74, 6) is -3.03. The summed E-state index contributed by atoms with van der Waals surface area (Å²) in [6, 6.07) is 12.6. The van der Waals surface area contributed by atoms with E-state index >= 15 is 0 Å². The quantitative estimate of drug-likeness (QED) is 0.434. The van der Waals surface area contributed by atoms with Crippen LogP contribution in [-0.4, -0.2) is 65.6 Å². The summed E-state index contributed by atoms with van der Waals surface area (Å²) in [6.45, 7) is -0.684. The van der Waals surface area contributed by atoms with Crippen molar-refractivity contribution in [1.29, 1.82) is 5.26 Å². The summed E-state index contributed by atoms with van der Waals surface area (Å²) < 4.78 is 68.9. The minimum Gasteiger partial charge on any atom is -0.468 e. The van der Waals surface area contributed by atoms with Crippen molar-refractivity contribution in [3.05, 3.63) is 89.1 Å². The van der Waals surface area contributed by atoms with Crippen molar-refractivity contribution >= 4 is 17.5 Å². The highest BCUT2D eigenvalue weighted by atomic mass is 19.4. The molecule has 4 rings (SSSR count). The SMILES string of the molecule is N#Cc1ccc([C@H](C(=O)Nc2ccc(OCC(F)(F)F)nc2)N2CCN(C(=O)c3cc(F)cc(F)c3)CC2)cc1. The Bertz CT molecular complexity index is 1380. The van der Waals surface area contributed by atoms with E-state index in [1.54, 1.807) is 29.2 Å². The van der Waals surface area contributed by atoms with Crippen LogP contribution in [0.1, 0.15) is 27.5 Å². The Labute approximate surface area is 225 Å². The Morgan fingerprint density at radius 1 is 1.00 bits per heavy atom. The highest BCUT2D eigenvalue weighted by molar-refractivity contribution is 5.96. The number of hydrogen-bond donors (Lipinski definition) is 1. The molecule has 0 spiro atoms. The van der Waals surface area contributed by atoms with Crippen LogP contribution in [0, 0.1) is 23.0 Å². The normalized spacial score (nSPS) is 14.8. The monoisotopic (exact) mass is 559 g/mol. The highest BCUT2D eigenvalue weighted by Gasteiger charge is 2.32. The van der Waals surface area contributed by atoms with Crippen LogP contribution in [0.2, 0.25) is 0 Å². The van der Waals surface area contributed by atoms with E-state index in [9.17, 15) is 31.5 Å². The summed E-state index contributed by atoms with van der Waals surface area (Å²) in [4.78, 5) is 33.3. The van der Waals surface area contributed by atoms with Crippen LogP contribution >= 0.6 is 0 Å². The number of amides is 2. The summed E-state index contributed by atoms with van der Waals surface area (Å²) >= 11 is 0. The number of anilines is 1. The maximum absolute atomic E-state index is 13.6. The molecule has 1 saturated heterocycles. The van der Waals surface area contributed by atoms with Crippen molar-refractivity contribution in [3.63, 3.8) is 0 Å². The molecule has 40 heavy (non-hydrogen) atoms. The van der Waals surface area contributed by atoms with E-state index in [1.165, 1.54) is 17.0 Å².